The lowest BCUT2D eigenvalue weighted by atomic mass is 9.78. The smallest absolute Gasteiger partial charge is 0.204 e. The Labute approximate surface area is 226 Å². The highest BCUT2D eigenvalue weighted by atomic mass is 16.3. The van der Waals surface area contributed by atoms with Crippen LogP contribution in [0.5, 0.6) is 5.75 Å². The number of hydrogen-bond donors (Lipinski definition) is 3. The Hall–Kier alpha value is -3.38. The zero-order chi connectivity index (χ0) is 27.7. The number of nitrogens with zero attached hydrogens (tertiary/aromatic N) is 2. The monoisotopic (exact) mass is 515 g/mol. The molecule has 1 heterocycles. The molecule has 0 fully saturated rings. The molecule has 0 saturated heterocycles. The predicted molar refractivity (Wildman–Crippen MR) is 156 cm³/mol. The van der Waals surface area contributed by atoms with Crippen LogP contribution >= 0.6 is 0 Å². The second-order valence-corrected chi connectivity index (χ2v) is 12.2. The Balaban J connectivity index is 1.76. The van der Waals surface area contributed by atoms with E-state index in [2.05, 4.69) is 35.7 Å². The third kappa shape index (κ3) is 5.86. The van der Waals surface area contributed by atoms with Gasteiger partial charge in [0.15, 0.2) is 5.78 Å². The second kappa shape index (κ2) is 10.8. The molecule has 0 unspecified atom stereocenters. The quantitative estimate of drug-likeness (QED) is 0.228. The molecule has 1 aromatic heterocycles. The van der Waals surface area contributed by atoms with Crippen molar-refractivity contribution in [3.8, 4) is 5.75 Å². The number of aromatic hydroxyl groups is 1. The van der Waals surface area contributed by atoms with Crippen molar-refractivity contribution in [2.24, 2.45) is 0 Å². The number of hydrogen-bond acceptors (Lipinski definition) is 5. The molecule has 4 rings (SSSR count). The number of benzene rings is 2. The minimum atomic E-state index is -0.322. The number of aliphatic hydroxyl groups is 1. The molecule has 38 heavy (non-hydrogen) atoms. The molecule has 3 N–H and O–H groups in total. The lowest BCUT2D eigenvalue weighted by molar-refractivity contribution is 0.0973. The molecule has 1 aliphatic carbocycles. The molecule has 0 spiro atoms. The van der Waals surface area contributed by atoms with Crippen LogP contribution in [-0.4, -0.2) is 38.7 Å². The van der Waals surface area contributed by atoms with Gasteiger partial charge in [-0.3, -0.25) is 4.79 Å². The van der Waals surface area contributed by atoms with Gasteiger partial charge in [0.25, 0.3) is 0 Å². The number of carbonyl (C=O) groups excluding carboxylic acids is 1. The molecule has 2 aromatic carbocycles. The minimum absolute atomic E-state index is 0.0486. The molecule has 0 radical (unpaired) electrons. The molecule has 202 valence electrons. The standard InChI is InChI=1S/C32H41N3O3/c1-31(2,3)24-17-23(18-25(29(24)38)32(4,5)6)28(37)20-35-27-14-13-22(21-11-8-7-9-12-21)19-26(27)34-30(35)33-15-10-16-36/h8,11-14,17-19,36,38H,7,9-10,15-16,20H2,1-6H3,(H,33,34). The Kier molecular flexibility index (Phi) is 7.84. The van der Waals surface area contributed by atoms with Crippen LogP contribution in [0.3, 0.4) is 0 Å². The van der Waals surface area contributed by atoms with Gasteiger partial charge in [0.05, 0.1) is 17.6 Å². The lowest BCUT2D eigenvalue weighted by Gasteiger charge is -2.28. The van der Waals surface area contributed by atoms with Crippen LogP contribution in [-0.2, 0) is 17.4 Å². The first-order valence-electron chi connectivity index (χ1n) is 13.5. The Morgan fingerprint density at radius 1 is 1.03 bits per heavy atom. The molecular formula is C32H41N3O3. The summed E-state index contributed by atoms with van der Waals surface area (Å²) in [7, 11) is 0. The van der Waals surface area contributed by atoms with Crippen molar-refractivity contribution in [1.29, 1.82) is 0 Å². The summed E-state index contributed by atoms with van der Waals surface area (Å²) in [6.45, 7) is 13.0. The van der Waals surface area contributed by atoms with Gasteiger partial charge >= 0.3 is 0 Å². The van der Waals surface area contributed by atoms with Gasteiger partial charge in [0.1, 0.15) is 5.75 Å². The highest BCUT2D eigenvalue weighted by Gasteiger charge is 2.28. The largest absolute Gasteiger partial charge is 0.507 e. The summed E-state index contributed by atoms with van der Waals surface area (Å²) >= 11 is 0. The highest BCUT2D eigenvalue weighted by Crippen LogP contribution is 2.40. The molecule has 1 aliphatic rings. The Bertz CT molecular complexity index is 1360. The van der Waals surface area contributed by atoms with Crippen LogP contribution in [0.1, 0.15) is 87.9 Å². The van der Waals surface area contributed by atoms with Crippen LogP contribution in [0.2, 0.25) is 0 Å². The molecule has 0 saturated carbocycles. The molecule has 0 aliphatic heterocycles. The maximum Gasteiger partial charge on any atom is 0.204 e. The number of fused-ring (bicyclic) bond motifs is 1. The first-order valence-corrected chi connectivity index (χ1v) is 13.5. The zero-order valence-corrected chi connectivity index (χ0v) is 23.6. The van der Waals surface area contributed by atoms with Gasteiger partial charge in [-0.25, -0.2) is 4.98 Å². The van der Waals surface area contributed by atoms with E-state index in [4.69, 9.17) is 4.98 Å². The fourth-order valence-electron chi connectivity index (χ4n) is 4.88. The van der Waals surface area contributed by atoms with Crippen LogP contribution in [0.15, 0.2) is 48.6 Å². The summed E-state index contributed by atoms with van der Waals surface area (Å²) in [6, 6.07) is 9.87. The van der Waals surface area contributed by atoms with Gasteiger partial charge in [-0.1, -0.05) is 65.8 Å². The number of carbonyl (C=O) groups is 1. The van der Waals surface area contributed by atoms with Gasteiger partial charge in [-0.05, 0) is 65.5 Å². The summed E-state index contributed by atoms with van der Waals surface area (Å²) in [5, 5.41) is 23.7. The van der Waals surface area contributed by atoms with Crippen LogP contribution < -0.4 is 5.32 Å². The average molecular weight is 516 g/mol. The predicted octanol–water partition coefficient (Wildman–Crippen LogP) is 6.75. The normalized spacial score (nSPS) is 14.1. The summed E-state index contributed by atoms with van der Waals surface area (Å²) < 4.78 is 1.92. The van der Waals surface area contributed by atoms with Crippen molar-refractivity contribution in [3.05, 3.63) is 70.8 Å². The fraction of sp³-hybridized carbons (Fsp3) is 0.438. The second-order valence-electron chi connectivity index (χ2n) is 12.2. The summed E-state index contributed by atoms with van der Waals surface area (Å²) in [5.74, 6) is 0.824. The van der Waals surface area contributed by atoms with E-state index in [0.717, 1.165) is 40.6 Å². The number of rotatable bonds is 8. The number of aliphatic hydroxyl groups excluding tert-OH is 1. The number of imidazole rings is 1. The van der Waals surface area contributed by atoms with E-state index in [9.17, 15) is 15.0 Å². The van der Waals surface area contributed by atoms with E-state index < -0.39 is 0 Å². The number of nitrogens with one attached hydrogen (secondary N) is 1. The van der Waals surface area contributed by atoms with Crippen LogP contribution in [0.4, 0.5) is 5.95 Å². The van der Waals surface area contributed by atoms with Gasteiger partial charge in [0.2, 0.25) is 5.95 Å². The number of allylic oxidation sites excluding steroid dienone is 4. The topological polar surface area (TPSA) is 87.4 Å². The van der Waals surface area contributed by atoms with Gasteiger partial charge < -0.3 is 20.1 Å². The third-order valence-corrected chi connectivity index (χ3v) is 7.04. The minimum Gasteiger partial charge on any atom is -0.507 e. The van der Waals surface area contributed by atoms with Crippen LogP contribution in [0.25, 0.3) is 16.6 Å². The van der Waals surface area contributed by atoms with Crippen molar-refractivity contribution in [3.63, 3.8) is 0 Å². The SMILES string of the molecule is CC(C)(C)c1cc(C(=O)Cn2c(NCCCO)nc3cc(C4=CCCC=C4)ccc32)cc(C(C)(C)C)c1O. The van der Waals surface area contributed by atoms with Gasteiger partial charge in [-0.2, -0.15) is 0 Å². The van der Waals surface area contributed by atoms with Gasteiger partial charge in [0, 0.05) is 29.8 Å². The van der Waals surface area contributed by atoms with Crippen molar-refractivity contribution in [2.45, 2.75) is 78.2 Å². The first kappa shape index (κ1) is 27.6. The number of anilines is 1. The number of aromatic nitrogens is 2. The lowest BCUT2D eigenvalue weighted by Crippen LogP contribution is -2.20. The fourth-order valence-corrected chi connectivity index (χ4v) is 4.88. The van der Waals surface area contributed by atoms with E-state index in [-0.39, 0.29) is 35.5 Å². The number of phenolic OH excluding ortho intramolecular Hbond substituents is 1. The first-order chi connectivity index (χ1) is 17.9. The van der Waals surface area contributed by atoms with E-state index in [1.807, 2.05) is 64.3 Å². The zero-order valence-electron chi connectivity index (χ0n) is 23.6. The van der Waals surface area contributed by atoms with Crippen LogP contribution in [0, 0.1) is 0 Å². The maximum atomic E-state index is 13.8. The van der Waals surface area contributed by atoms with Crippen molar-refractivity contribution < 1.29 is 15.0 Å². The van der Waals surface area contributed by atoms with Crippen molar-refractivity contribution >= 4 is 28.3 Å². The van der Waals surface area contributed by atoms with E-state index >= 15 is 0 Å². The highest BCUT2D eigenvalue weighted by molar-refractivity contribution is 5.98. The van der Waals surface area contributed by atoms with E-state index in [1.165, 1.54) is 5.57 Å². The molecular weight excluding hydrogens is 474 g/mol. The Morgan fingerprint density at radius 3 is 2.29 bits per heavy atom. The average Bonchev–Trinajstić information content (AvgIpc) is 3.19. The molecule has 0 bridgehead atoms. The molecule has 6 heteroatoms. The number of phenols is 1. The van der Waals surface area contributed by atoms with Crippen molar-refractivity contribution in [2.75, 3.05) is 18.5 Å². The third-order valence-electron chi connectivity index (χ3n) is 7.04. The van der Waals surface area contributed by atoms with E-state index in [1.54, 1.807) is 0 Å². The van der Waals surface area contributed by atoms with Gasteiger partial charge in [-0.15, -0.1) is 0 Å². The molecule has 3 aromatic rings. The van der Waals surface area contributed by atoms with Crippen molar-refractivity contribution in [1.82, 2.24) is 9.55 Å². The number of Topliss-reactive ketones (excluding diaryl/α,β-unsaturated/α-hetero) is 1. The summed E-state index contributed by atoms with van der Waals surface area (Å²) in [6.07, 6.45) is 9.26. The molecule has 0 atom stereocenters. The maximum absolute atomic E-state index is 13.8. The summed E-state index contributed by atoms with van der Waals surface area (Å²) in [4.78, 5) is 18.6. The van der Waals surface area contributed by atoms with E-state index in [0.29, 0.717) is 24.5 Å². The molecule has 0 amide bonds. The Morgan fingerprint density at radius 2 is 1.71 bits per heavy atom. The summed E-state index contributed by atoms with van der Waals surface area (Å²) in [5.41, 5.74) is 5.46. The molecule has 6 nitrogen and oxygen atoms in total. The number of ketones is 1.